The van der Waals surface area contributed by atoms with Crippen molar-refractivity contribution in [2.24, 2.45) is 0 Å². The Kier molecular flexibility index (Phi) is 3.35. The number of pyridine rings is 1. The Hall–Kier alpha value is -1.99. The molecule has 118 valence electrons. The van der Waals surface area contributed by atoms with E-state index in [0.29, 0.717) is 11.7 Å². The van der Waals surface area contributed by atoms with Gasteiger partial charge in [-0.25, -0.2) is 18.4 Å². The molecule has 1 fully saturated rings. The summed E-state index contributed by atoms with van der Waals surface area (Å²) in [6.07, 6.45) is 3.83. The van der Waals surface area contributed by atoms with E-state index in [-0.39, 0.29) is 4.90 Å². The molecule has 1 saturated carbocycles. The largest absolute Gasteiger partial charge is 0.263 e. The first kappa shape index (κ1) is 14.6. The lowest BCUT2D eigenvalue weighted by Crippen LogP contribution is -2.15. The van der Waals surface area contributed by atoms with Crippen molar-refractivity contribution in [2.45, 2.75) is 30.6 Å². The van der Waals surface area contributed by atoms with E-state index in [1.807, 2.05) is 13.0 Å². The number of anilines is 1. The van der Waals surface area contributed by atoms with Gasteiger partial charge < -0.3 is 0 Å². The fourth-order valence-corrected chi connectivity index (χ4v) is 4.57. The van der Waals surface area contributed by atoms with E-state index in [1.165, 1.54) is 11.3 Å². The van der Waals surface area contributed by atoms with Crippen molar-refractivity contribution in [2.75, 3.05) is 4.72 Å². The molecule has 23 heavy (non-hydrogen) atoms. The van der Waals surface area contributed by atoms with Crippen molar-refractivity contribution in [3.05, 3.63) is 47.1 Å². The second kappa shape index (κ2) is 5.28. The van der Waals surface area contributed by atoms with Crippen molar-refractivity contribution >= 4 is 37.4 Å². The first-order valence-corrected chi connectivity index (χ1v) is 9.72. The van der Waals surface area contributed by atoms with Gasteiger partial charge in [-0.05, 0) is 55.5 Å². The van der Waals surface area contributed by atoms with Gasteiger partial charge in [0.1, 0.15) is 5.82 Å². The molecule has 4 rings (SSSR count). The normalized spacial score (nSPS) is 15.0. The second-order valence-corrected chi connectivity index (χ2v) is 8.32. The molecule has 0 saturated heterocycles. The van der Waals surface area contributed by atoms with E-state index < -0.39 is 10.0 Å². The average molecular weight is 345 g/mol. The van der Waals surface area contributed by atoms with Gasteiger partial charge in [0, 0.05) is 11.8 Å². The molecule has 7 heteroatoms. The highest BCUT2D eigenvalue weighted by Gasteiger charge is 2.30. The van der Waals surface area contributed by atoms with Gasteiger partial charge in [0.05, 0.1) is 20.6 Å². The molecule has 1 aromatic carbocycles. The Morgan fingerprint density at radius 3 is 2.83 bits per heavy atom. The highest BCUT2D eigenvalue weighted by atomic mass is 32.2. The number of sulfonamides is 1. The van der Waals surface area contributed by atoms with Gasteiger partial charge in [0.25, 0.3) is 10.0 Å². The maximum Gasteiger partial charge on any atom is 0.263 e. The molecule has 0 unspecified atom stereocenters. The van der Waals surface area contributed by atoms with Crippen LogP contribution in [0.1, 0.15) is 29.9 Å². The molecule has 3 aromatic rings. The summed E-state index contributed by atoms with van der Waals surface area (Å²) in [6, 6.07) is 6.89. The Morgan fingerprint density at radius 2 is 2.04 bits per heavy atom. The van der Waals surface area contributed by atoms with E-state index >= 15 is 0 Å². The van der Waals surface area contributed by atoms with Gasteiger partial charge >= 0.3 is 0 Å². The summed E-state index contributed by atoms with van der Waals surface area (Å²) in [5, 5.41) is 0. The van der Waals surface area contributed by atoms with Crippen LogP contribution in [-0.4, -0.2) is 18.4 Å². The maximum absolute atomic E-state index is 12.7. The predicted molar refractivity (Wildman–Crippen MR) is 91.4 cm³/mol. The molecule has 0 aliphatic heterocycles. The zero-order chi connectivity index (χ0) is 16.0. The molecule has 0 atom stereocenters. The predicted octanol–water partition coefficient (Wildman–Crippen LogP) is 3.68. The lowest BCUT2D eigenvalue weighted by molar-refractivity contribution is 0.601. The monoisotopic (exact) mass is 345 g/mol. The third kappa shape index (κ3) is 2.70. The summed E-state index contributed by atoms with van der Waals surface area (Å²) < 4.78 is 28.9. The molecule has 0 bridgehead atoms. The number of nitrogens with zero attached hydrogens (tertiary/aromatic N) is 2. The van der Waals surface area contributed by atoms with Crippen molar-refractivity contribution in [1.29, 1.82) is 0 Å². The fraction of sp³-hybridized carbons (Fsp3) is 0.250. The van der Waals surface area contributed by atoms with E-state index in [9.17, 15) is 8.42 Å². The average Bonchev–Trinajstić information content (AvgIpc) is 3.23. The van der Waals surface area contributed by atoms with Crippen molar-refractivity contribution in [1.82, 2.24) is 9.97 Å². The van der Waals surface area contributed by atoms with Gasteiger partial charge in [0.15, 0.2) is 0 Å². The summed E-state index contributed by atoms with van der Waals surface area (Å²) >= 11 is 1.43. The quantitative estimate of drug-likeness (QED) is 0.783. The van der Waals surface area contributed by atoms with E-state index in [0.717, 1.165) is 34.2 Å². The minimum Gasteiger partial charge on any atom is -0.263 e. The fourth-order valence-electron chi connectivity index (χ4n) is 2.73. The molecule has 0 amide bonds. The lowest BCUT2D eigenvalue weighted by Gasteiger charge is -2.13. The standard InChI is InChI=1S/C16H15N3O2S2/c1-10-6-7-17-16(15(10)11-2-3-11)19-23(20,21)12-4-5-13-14(8-12)22-9-18-13/h4-9,11H,2-3H2,1H3,(H,17,19). The van der Waals surface area contributed by atoms with Crippen molar-refractivity contribution in [3.63, 3.8) is 0 Å². The van der Waals surface area contributed by atoms with Crippen LogP contribution < -0.4 is 4.72 Å². The van der Waals surface area contributed by atoms with Crippen LogP contribution in [0, 0.1) is 6.92 Å². The Bertz CT molecular complexity index is 991. The van der Waals surface area contributed by atoms with Gasteiger partial charge in [-0.1, -0.05) is 0 Å². The first-order valence-electron chi connectivity index (χ1n) is 7.36. The smallest absolute Gasteiger partial charge is 0.263 e. The number of hydrogen-bond donors (Lipinski definition) is 1. The first-order chi connectivity index (χ1) is 11.0. The zero-order valence-electron chi connectivity index (χ0n) is 12.5. The summed E-state index contributed by atoms with van der Waals surface area (Å²) in [7, 11) is -3.66. The number of benzene rings is 1. The Labute approximate surface area is 138 Å². The second-order valence-electron chi connectivity index (χ2n) is 5.75. The SMILES string of the molecule is Cc1ccnc(NS(=O)(=O)c2ccc3ncsc3c2)c1C1CC1. The van der Waals surface area contributed by atoms with E-state index in [1.54, 1.807) is 29.9 Å². The van der Waals surface area contributed by atoms with Crippen molar-refractivity contribution < 1.29 is 8.42 Å². The highest BCUT2D eigenvalue weighted by molar-refractivity contribution is 7.92. The van der Waals surface area contributed by atoms with Crippen LogP contribution >= 0.6 is 11.3 Å². The minimum atomic E-state index is -3.66. The lowest BCUT2D eigenvalue weighted by atomic mass is 10.1. The molecule has 2 heterocycles. The number of hydrogen-bond acceptors (Lipinski definition) is 5. The molecule has 1 aliphatic carbocycles. The number of aromatic nitrogens is 2. The topological polar surface area (TPSA) is 72.0 Å². The minimum absolute atomic E-state index is 0.235. The molecule has 0 spiro atoms. The third-order valence-corrected chi connectivity index (χ3v) is 6.17. The van der Waals surface area contributed by atoms with Gasteiger partial charge in [-0.3, -0.25) is 4.72 Å². The summed E-state index contributed by atoms with van der Waals surface area (Å²) in [5.41, 5.74) is 4.62. The number of fused-ring (bicyclic) bond motifs is 1. The van der Waals surface area contributed by atoms with Gasteiger partial charge in [-0.15, -0.1) is 11.3 Å². The molecule has 5 nitrogen and oxygen atoms in total. The van der Waals surface area contributed by atoms with E-state index in [2.05, 4.69) is 14.7 Å². The number of nitrogens with one attached hydrogen (secondary N) is 1. The number of rotatable bonds is 4. The Balaban J connectivity index is 1.74. The summed E-state index contributed by atoms with van der Waals surface area (Å²) in [6.45, 7) is 2.00. The maximum atomic E-state index is 12.7. The van der Waals surface area contributed by atoms with Gasteiger partial charge in [0.2, 0.25) is 0 Å². The van der Waals surface area contributed by atoms with Crippen LogP contribution in [0.2, 0.25) is 0 Å². The molecular weight excluding hydrogens is 330 g/mol. The van der Waals surface area contributed by atoms with Gasteiger partial charge in [-0.2, -0.15) is 0 Å². The molecule has 2 aromatic heterocycles. The molecular formula is C16H15N3O2S2. The van der Waals surface area contributed by atoms with Crippen LogP contribution in [0.5, 0.6) is 0 Å². The summed E-state index contributed by atoms with van der Waals surface area (Å²) in [4.78, 5) is 8.67. The van der Waals surface area contributed by atoms with Crippen LogP contribution in [-0.2, 0) is 10.0 Å². The summed E-state index contributed by atoms with van der Waals surface area (Å²) in [5.74, 6) is 0.877. The zero-order valence-corrected chi connectivity index (χ0v) is 14.1. The highest BCUT2D eigenvalue weighted by Crippen LogP contribution is 2.44. The number of aryl methyl sites for hydroxylation is 1. The molecule has 1 N–H and O–H groups in total. The molecule has 0 radical (unpaired) electrons. The Morgan fingerprint density at radius 1 is 1.22 bits per heavy atom. The third-order valence-electron chi connectivity index (χ3n) is 4.04. The number of thiazole rings is 1. The molecule has 1 aliphatic rings. The van der Waals surface area contributed by atoms with Crippen LogP contribution in [0.15, 0.2) is 40.9 Å². The van der Waals surface area contributed by atoms with Crippen molar-refractivity contribution in [3.8, 4) is 0 Å². The van der Waals surface area contributed by atoms with Crippen LogP contribution in [0.25, 0.3) is 10.2 Å². The van der Waals surface area contributed by atoms with Crippen LogP contribution in [0.4, 0.5) is 5.82 Å². The van der Waals surface area contributed by atoms with E-state index in [4.69, 9.17) is 0 Å². The van der Waals surface area contributed by atoms with Crippen LogP contribution in [0.3, 0.4) is 0 Å².